The molecule has 108 valence electrons. The molecule has 1 aromatic heterocycles. The first-order valence-corrected chi connectivity index (χ1v) is 5.83. The molecule has 2 rings (SSSR count). The zero-order chi connectivity index (χ0) is 15.6. The SMILES string of the molecule is O=C(Nc1cc(=O)[nH]c(=O)[nH]1)c1ccc(Cl)c([N+](=O)[O-])c1. The Kier molecular flexibility index (Phi) is 3.85. The fourth-order valence-corrected chi connectivity index (χ4v) is 1.71. The lowest BCUT2D eigenvalue weighted by Crippen LogP contribution is -2.24. The molecule has 9 nitrogen and oxygen atoms in total. The number of nitro groups is 1. The average Bonchev–Trinajstić information content (AvgIpc) is 2.37. The van der Waals surface area contributed by atoms with Gasteiger partial charge < -0.3 is 5.32 Å². The van der Waals surface area contributed by atoms with Crippen LogP contribution in [0.4, 0.5) is 11.5 Å². The molecule has 0 spiro atoms. The highest BCUT2D eigenvalue weighted by Crippen LogP contribution is 2.25. The maximum Gasteiger partial charge on any atom is 0.327 e. The normalized spacial score (nSPS) is 10.1. The van der Waals surface area contributed by atoms with Crippen molar-refractivity contribution in [3.05, 3.63) is 65.8 Å². The van der Waals surface area contributed by atoms with E-state index in [0.717, 1.165) is 12.1 Å². The molecule has 0 unspecified atom stereocenters. The maximum absolute atomic E-state index is 11.9. The van der Waals surface area contributed by atoms with Crippen LogP contribution in [0.2, 0.25) is 5.02 Å². The lowest BCUT2D eigenvalue weighted by molar-refractivity contribution is -0.384. The largest absolute Gasteiger partial charge is 0.327 e. The lowest BCUT2D eigenvalue weighted by atomic mass is 10.2. The van der Waals surface area contributed by atoms with Gasteiger partial charge in [-0.3, -0.25) is 29.7 Å². The third-order valence-electron chi connectivity index (χ3n) is 2.41. The molecule has 0 atom stereocenters. The van der Waals surface area contributed by atoms with Gasteiger partial charge in [0.1, 0.15) is 10.8 Å². The Morgan fingerprint density at radius 2 is 1.95 bits per heavy atom. The molecule has 10 heteroatoms. The van der Waals surface area contributed by atoms with Crippen LogP contribution in [-0.2, 0) is 0 Å². The monoisotopic (exact) mass is 310 g/mol. The van der Waals surface area contributed by atoms with E-state index in [9.17, 15) is 24.5 Å². The third kappa shape index (κ3) is 3.34. The van der Waals surface area contributed by atoms with Crippen molar-refractivity contribution in [2.75, 3.05) is 5.32 Å². The number of halogens is 1. The Morgan fingerprint density at radius 1 is 1.24 bits per heavy atom. The molecule has 0 fully saturated rings. The fraction of sp³-hybridized carbons (Fsp3) is 0. The molecule has 0 saturated heterocycles. The summed E-state index contributed by atoms with van der Waals surface area (Å²) in [5.41, 5.74) is -1.97. The maximum atomic E-state index is 11.9. The van der Waals surface area contributed by atoms with Gasteiger partial charge in [-0.15, -0.1) is 0 Å². The number of hydrogen-bond acceptors (Lipinski definition) is 5. The highest BCUT2D eigenvalue weighted by atomic mass is 35.5. The zero-order valence-electron chi connectivity index (χ0n) is 10.2. The summed E-state index contributed by atoms with van der Waals surface area (Å²) < 4.78 is 0. The predicted molar refractivity (Wildman–Crippen MR) is 73.7 cm³/mol. The fourth-order valence-electron chi connectivity index (χ4n) is 1.52. The first kappa shape index (κ1) is 14.5. The quantitative estimate of drug-likeness (QED) is 0.570. The number of nitrogens with one attached hydrogen (secondary N) is 3. The molecule has 0 bridgehead atoms. The molecule has 0 aliphatic carbocycles. The second-order valence-electron chi connectivity index (χ2n) is 3.88. The van der Waals surface area contributed by atoms with Gasteiger partial charge in [0.05, 0.1) is 4.92 Å². The van der Waals surface area contributed by atoms with Gasteiger partial charge >= 0.3 is 5.69 Å². The van der Waals surface area contributed by atoms with E-state index in [1.807, 2.05) is 4.98 Å². The summed E-state index contributed by atoms with van der Waals surface area (Å²) in [6, 6.07) is 4.43. The number of amides is 1. The van der Waals surface area contributed by atoms with Crippen LogP contribution in [0.15, 0.2) is 33.9 Å². The number of rotatable bonds is 3. The van der Waals surface area contributed by atoms with E-state index < -0.39 is 27.8 Å². The predicted octanol–water partition coefficient (Wildman–Crippen LogP) is 0.877. The van der Waals surface area contributed by atoms with Crippen LogP contribution in [-0.4, -0.2) is 20.8 Å². The second kappa shape index (κ2) is 5.59. The summed E-state index contributed by atoms with van der Waals surface area (Å²) >= 11 is 5.63. The van der Waals surface area contributed by atoms with Crippen molar-refractivity contribution in [2.45, 2.75) is 0 Å². The van der Waals surface area contributed by atoms with E-state index >= 15 is 0 Å². The summed E-state index contributed by atoms with van der Waals surface area (Å²) in [6.45, 7) is 0. The van der Waals surface area contributed by atoms with Crippen molar-refractivity contribution < 1.29 is 9.72 Å². The molecule has 1 aromatic carbocycles. The summed E-state index contributed by atoms with van der Waals surface area (Å²) in [5.74, 6) is -0.873. The molecule has 1 amide bonds. The van der Waals surface area contributed by atoms with E-state index in [1.54, 1.807) is 0 Å². The average molecular weight is 311 g/mol. The number of anilines is 1. The van der Waals surface area contributed by atoms with Gasteiger partial charge in [-0.2, -0.15) is 0 Å². The van der Waals surface area contributed by atoms with Crippen LogP contribution in [0, 0.1) is 10.1 Å². The molecule has 2 aromatic rings. The number of carbonyl (C=O) groups excluding carboxylic acids is 1. The van der Waals surface area contributed by atoms with Crippen molar-refractivity contribution in [2.24, 2.45) is 0 Å². The molecule has 0 saturated carbocycles. The van der Waals surface area contributed by atoms with Gasteiger partial charge in [0.25, 0.3) is 17.2 Å². The minimum Gasteiger partial charge on any atom is -0.308 e. The Morgan fingerprint density at radius 3 is 2.57 bits per heavy atom. The highest BCUT2D eigenvalue weighted by molar-refractivity contribution is 6.32. The van der Waals surface area contributed by atoms with E-state index in [0.29, 0.717) is 0 Å². The Balaban J connectivity index is 2.32. The van der Waals surface area contributed by atoms with Crippen LogP contribution >= 0.6 is 11.6 Å². The standard InChI is InChI=1S/C11H7ClN4O5/c12-6-2-1-5(3-7(6)16(20)21)10(18)13-8-4-9(17)15-11(19)14-8/h1-4H,(H3,13,14,15,17,18,19). The molecule has 0 radical (unpaired) electrons. The van der Waals surface area contributed by atoms with Gasteiger partial charge in [0, 0.05) is 17.7 Å². The van der Waals surface area contributed by atoms with Gasteiger partial charge in [0.15, 0.2) is 0 Å². The first-order valence-electron chi connectivity index (χ1n) is 5.46. The van der Waals surface area contributed by atoms with Crippen LogP contribution in [0.25, 0.3) is 0 Å². The Hall–Kier alpha value is -2.94. The molecule has 21 heavy (non-hydrogen) atoms. The number of nitrogens with zero attached hydrogens (tertiary/aromatic N) is 1. The van der Waals surface area contributed by atoms with Gasteiger partial charge in [-0.05, 0) is 12.1 Å². The van der Waals surface area contributed by atoms with Crippen molar-refractivity contribution in [1.82, 2.24) is 9.97 Å². The Labute approximate surface area is 120 Å². The summed E-state index contributed by atoms with van der Waals surface area (Å²) in [7, 11) is 0. The van der Waals surface area contributed by atoms with E-state index in [-0.39, 0.29) is 16.4 Å². The van der Waals surface area contributed by atoms with Crippen molar-refractivity contribution in [3.63, 3.8) is 0 Å². The van der Waals surface area contributed by atoms with Gasteiger partial charge in [0.2, 0.25) is 0 Å². The lowest BCUT2D eigenvalue weighted by Gasteiger charge is -2.04. The summed E-state index contributed by atoms with van der Waals surface area (Å²) in [5, 5.41) is 12.9. The molecule has 0 aliphatic heterocycles. The third-order valence-corrected chi connectivity index (χ3v) is 2.73. The number of aromatic nitrogens is 2. The number of nitro benzene ring substituents is 1. The van der Waals surface area contributed by atoms with Crippen molar-refractivity contribution in [1.29, 1.82) is 0 Å². The van der Waals surface area contributed by atoms with Crippen LogP contribution < -0.4 is 16.6 Å². The van der Waals surface area contributed by atoms with E-state index in [2.05, 4.69) is 10.3 Å². The van der Waals surface area contributed by atoms with Crippen LogP contribution in [0.1, 0.15) is 10.4 Å². The van der Waals surface area contributed by atoms with E-state index in [4.69, 9.17) is 11.6 Å². The summed E-state index contributed by atoms with van der Waals surface area (Å²) in [4.78, 5) is 48.2. The topological polar surface area (TPSA) is 138 Å². The molecule has 0 aliphatic rings. The smallest absolute Gasteiger partial charge is 0.308 e. The zero-order valence-corrected chi connectivity index (χ0v) is 10.9. The number of aromatic amines is 2. The first-order chi connectivity index (χ1) is 9.86. The molecular formula is C11H7ClN4O5. The van der Waals surface area contributed by atoms with Crippen LogP contribution in [0.3, 0.4) is 0 Å². The molecular weight excluding hydrogens is 304 g/mol. The number of hydrogen-bond donors (Lipinski definition) is 3. The number of benzene rings is 1. The number of H-pyrrole nitrogens is 2. The van der Waals surface area contributed by atoms with Crippen LogP contribution in [0.5, 0.6) is 0 Å². The minimum atomic E-state index is -0.792. The summed E-state index contributed by atoms with van der Waals surface area (Å²) in [6.07, 6.45) is 0. The van der Waals surface area contributed by atoms with Crippen molar-refractivity contribution >= 4 is 29.0 Å². The van der Waals surface area contributed by atoms with E-state index in [1.165, 1.54) is 12.1 Å². The minimum absolute atomic E-state index is 0.0489. The number of carbonyl (C=O) groups is 1. The van der Waals surface area contributed by atoms with Gasteiger partial charge in [-0.1, -0.05) is 11.6 Å². The molecule has 3 N–H and O–H groups in total. The molecule has 1 heterocycles. The highest BCUT2D eigenvalue weighted by Gasteiger charge is 2.16. The van der Waals surface area contributed by atoms with Gasteiger partial charge in [-0.25, -0.2) is 4.79 Å². The second-order valence-corrected chi connectivity index (χ2v) is 4.29. The van der Waals surface area contributed by atoms with Crippen molar-refractivity contribution in [3.8, 4) is 0 Å². The Bertz CT molecular complexity index is 813.